The van der Waals surface area contributed by atoms with Gasteiger partial charge in [-0.05, 0) is 31.9 Å². The van der Waals surface area contributed by atoms with E-state index in [0.29, 0.717) is 13.2 Å². The zero-order valence-corrected chi connectivity index (χ0v) is 20.4. The largest absolute Gasteiger partial charge is 0.495 e. The van der Waals surface area contributed by atoms with Crippen molar-refractivity contribution < 1.29 is 14.2 Å². The van der Waals surface area contributed by atoms with Crippen LogP contribution in [0.15, 0.2) is 29.3 Å². The molecule has 1 aromatic rings. The van der Waals surface area contributed by atoms with E-state index in [0.717, 1.165) is 70.4 Å². The van der Waals surface area contributed by atoms with Gasteiger partial charge in [-0.15, -0.1) is 24.0 Å². The number of hydrogen-bond donors (Lipinski definition) is 1. The number of para-hydroxylation sites is 2. The molecule has 1 aliphatic heterocycles. The Kier molecular flexibility index (Phi) is 13.8. The topological polar surface area (TPSA) is 58.6 Å². The molecule has 0 radical (unpaired) electrons. The summed E-state index contributed by atoms with van der Waals surface area (Å²) in [5.74, 6) is 1.95. The molecule has 0 atom stereocenters. The average molecular weight is 520 g/mol. The molecule has 1 aliphatic rings. The molecule has 0 spiro atoms. The monoisotopic (exact) mass is 520 g/mol. The Morgan fingerprint density at radius 2 is 1.79 bits per heavy atom. The van der Waals surface area contributed by atoms with E-state index in [1.165, 1.54) is 5.69 Å². The van der Waals surface area contributed by atoms with Gasteiger partial charge in [0.25, 0.3) is 0 Å². The summed E-state index contributed by atoms with van der Waals surface area (Å²) in [6.45, 7) is 9.72. The first-order chi connectivity index (χ1) is 13.8. The van der Waals surface area contributed by atoms with Crippen LogP contribution in [0.3, 0.4) is 0 Å². The molecular formula is C21H37IN4O3. The molecule has 2 rings (SSSR count). The summed E-state index contributed by atoms with van der Waals surface area (Å²) in [5.41, 5.74) is 1.17. The molecule has 0 aliphatic carbocycles. The van der Waals surface area contributed by atoms with E-state index in [4.69, 9.17) is 19.2 Å². The van der Waals surface area contributed by atoms with Crippen molar-refractivity contribution in [1.29, 1.82) is 0 Å². The number of benzene rings is 1. The molecular weight excluding hydrogens is 483 g/mol. The van der Waals surface area contributed by atoms with E-state index in [2.05, 4.69) is 34.2 Å². The fraction of sp³-hybridized carbons (Fsp3) is 0.667. The van der Waals surface area contributed by atoms with Crippen molar-refractivity contribution in [3.63, 3.8) is 0 Å². The molecule has 0 unspecified atom stereocenters. The zero-order valence-electron chi connectivity index (χ0n) is 18.1. The molecule has 29 heavy (non-hydrogen) atoms. The van der Waals surface area contributed by atoms with Gasteiger partial charge in [0.2, 0.25) is 0 Å². The van der Waals surface area contributed by atoms with Crippen LogP contribution in [0.25, 0.3) is 0 Å². The van der Waals surface area contributed by atoms with Crippen molar-refractivity contribution in [3.05, 3.63) is 24.3 Å². The molecule has 8 heteroatoms. The van der Waals surface area contributed by atoms with Gasteiger partial charge in [0.05, 0.1) is 26.0 Å². The summed E-state index contributed by atoms with van der Waals surface area (Å²) >= 11 is 0. The number of hydrogen-bond acceptors (Lipinski definition) is 5. The van der Waals surface area contributed by atoms with E-state index < -0.39 is 0 Å². The molecule has 7 nitrogen and oxygen atoms in total. The van der Waals surface area contributed by atoms with Gasteiger partial charge in [0.15, 0.2) is 5.96 Å². The lowest BCUT2D eigenvalue weighted by Crippen LogP contribution is -2.52. The van der Waals surface area contributed by atoms with Crippen molar-refractivity contribution in [2.75, 3.05) is 78.2 Å². The van der Waals surface area contributed by atoms with E-state index in [9.17, 15) is 0 Å². The fourth-order valence-corrected chi connectivity index (χ4v) is 3.22. The molecule has 1 N–H and O–H groups in total. The van der Waals surface area contributed by atoms with Crippen LogP contribution >= 0.6 is 24.0 Å². The minimum atomic E-state index is 0. The van der Waals surface area contributed by atoms with Crippen LogP contribution < -0.4 is 15.0 Å². The van der Waals surface area contributed by atoms with E-state index in [1.807, 2.05) is 12.1 Å². The highest BCUT2D eigenvalue weighted by molar-refractivity contribution is 14.0. The van der Waals surface area contributed by atoms with Crippen LogP contribution in [0, 0.1) is 0 Å². The highest BCUT2D eigenvalue weighted by Gasteiger charge is 2.21. The number of anilines is 1. The molecule has 0 bridgehead atoms. The number of rotatable bonds is 11. The van der Waals surface area contributed by atoms with Crippen molar-refractivity contribution >= 4 is 35.6 Å². The Balaban J connectivity index is 0.00000420. The lowest BCUT2D eigenvalue weighted by Gasteiger charge is -2.38. The van der Waals surface area contributed by atoms with Gasteiger partial charge >= 0.3 is 0 Å². The molecule has 0 saturated carbocycles. The van der Waals surface area contributed by atoms with Gasteiger partial charge in [-0.3, -0.25) is 4.99 Å². The number of aliphatic imine (C=N–C) groups is 1. The number of piperazine rings is 1. The maximum Gasteiger partial charge on any atom is 0.194 e. The first-order valence-electron chi connectivity index (χ1n) is 10.3. The van der Waals surface area contributed by atoms with Gasteiger partial charge in [-0.2, -0.15) is 0 Å². The van der Waals surface area contributed by atoms with Gasteiger partial charge in [-0.25, -0.2) is 0 Å². The van der Waals surface area contributed by atoms with Crippen LogP contribution in [-0.4, -0.2) is 84.2 Å². The first kappa shape index (κ1) is 25.8. The van der Waals surface area contributed by atoms with Crippen molar-refractivity contribution in [2.24, 2.45) is 4.99 Å². The quantitative estimate of drug-likeness (QED) is 0.210. The Labute approximate surface area is 192 Å². The Hall–Kier alpha value is -1.26. The number of methoxy groups -OCH3 is 2. The third-order valence-electron chi connectivity index (χ3n) is 4.73. The minimum Gasteiger partial charge on any atom is -0.495 e. The van der Waals surface area contributed by atoms with Gasteiger partial charge in [-0.1, -0.05) is 12.1 Å². The minimum absolute atomic E-state index is 0. The number of nitrogens with zero attached hydrogens (tertiary/aromatic N) is 3. The van der Waals surface area contributed by atoms with Gasteiger partial charge in [0.1, 0.15) is 5.75 Å². The van der Waals surface area contributed by atoms with Gasteiger partial charge in [0, 0.05) is 53.0 Å². The molecule has 0 amide bonds. The van der Waals surface area contributed by atoms with Crippen molar-refractivity contribution in [2.45, 2.75) is 19.8 Å². The van der Waals surface area contributed by atoms with E-state index >= 15 is 0 Å². The van der Waals surface area contributed by atoms with Crippen molar-refractivity contribution in [3.8, 4) is 5.75 Å². The lowest BCUT2D eigenvalue weighted by atomic mass is 10.2. The second kappa shape index (κ2) is 15.6. The van der Waals surface area contributed by atoms with E-state index in [-0.39, 0.29) is 24.0 Å². The molecule has 166 valence electrons. The number of ether oxygens (including phenoxy) is 3. The normalized spacial score (nSPS) is 14.5. The smallest absolute Gasteiger partial charge is 0.194 e. The second-order valence-electron chi connectivity index (χ2n) is 6.69. The van der Waals surface area contributed by atoms with Crippen molar-refractivity contribution in [1.82, 2.24) is 10.2 Å². The Bertz CT molecular complexity index is 581. The Morgan fingerprint density at radius 3 is 2.48 bits per heavy atom. The van der Waals surface area contributed by atoms with Gasteiger partial charge < -0.3 is 29.3 Å². The first-order valence-corrected chi connectivity index (χ1v) is 10.3. The summed E-state index contributed by atoms with van der Waals surface area (Å²) in [6.07, 6.45) is 2.05. The number of unbranched alkanes of at least 4 members (excludes halogenated alkanes) is 1. The second-order valence-corrected chi connectivity index (χ2v) is 6.69. The molecule has 0 aromatic heterocycles. The molecule has 1 aromatic carbocycles. The zero-order chi connectivity index (χ0) is 20.0. The summed E-state index contributed by atoms with van der Waals surface area (Å²) < 4.78 is 16.0. The number of halogens is 1. The van der Waals surface area contributed by atoms with Crippen LogP contribution in [0.1, 0.15) is 19.8 Å². The van der Waals surface area contributed by atoms with E-state index in [1.54, 1.807) is 14.2 Å². The Morgan fingerprint density at radius 1 is 1.03 bits per heavy atom. The van der Waals surface area contributed by atoms with Crippen LogP contribution in [0.2, 0.25) is 0 Å². The maximum absolute atomic E-state index is 5.51. The SMILES string of the molecule is CCNC(=NCCCCOCCOC)N1CCN(c2ccccc2OC)CC1.I. The fourth-order valence-electron chi connectivity index (χ4n) is 3.22. The third-order valence-corrected chi connectivity index (χ3v) is 4.73. The average Bonchev–Trinajstić information content (AvgIpc) is 2.75. The number of guanidine groups is 1. The molecule has 1 saturated heterocycles. The highest BCUT2D eigenvalue weighted by atomic mass is 127. The summed E-state index contributed by atoms with van der Waals surface area (Å²) in [6, 6.07) is 8.22. The molecule has 1 heterocycles. The maximum atomic E-state index is 5.51. The van der Waals surface area contributed by atoms with Crippen LogP contribution in [-0.2, 0) is 9.47 Å². The predicted molar refractivity (Wildman–Crippen MR) is 130 cm³/mol. The standard InChI is InChI=1S/C21H36N4O3.HI/c1-4-22-21(23-11-7-8-16-28-18-17-26-2)25-14-12-24(13-15-25)19-9-5-6-10-20(19)27-3;/h5-6,9-10H,4,7-8,11-18H2,1-3H3,(H,22,23);1H. The summed E-state index contributed by atoms with van der Waals surface area (Å²) in [4.78, 5) is 9.55. The lowest BCUT2D eigenvalue weighted by molar-refractivity contribution is 0.0690. The van der Waals surface area contributed by atoms with Crippen LogP contribution in [0.4, 0.5) is 5.69 Å². The number of nitrogens with one attached hydrogen (secondary N) is 1. The highest BCUT2D eigenvalue weighted by Crippen LogP contribution is 2.28. The third kappa shape index (κ3) is 8.96. The summed E-state index contributed by atoms with van der Waals surface area (Å²) in [5, 5.41) is 3.43. The molecule has 1 fully saturated rings. The predicted octanol–water partition coefficient (Wildman–Crippen LogP) is 2.84. The van der Waals surface area contributed by atoms with Crippen LogP contribution in [0.5, 0.6) is 5.75 Å². The summed E-state index contributed by atoms with van der Waals surface area (Å²) in [7, 11) is 3.42.